The van der Waals surface area contributed by atoms with Crippen LogP contribution in [0.3, 0.4) is 0 Å². The molecule has 0 amide bonds. The van der Waals surface area contributed by atoms with Crippen molar-refractivity contribution in [3.63, 3.8) is 0 Å². The van der Waals surface area contributed by atoms with E-state index >= 15 is 0 Å². The summed E-state index contributed by atoms with van der Waals surface area (Å²) in [6.07, 6.45) is 2.63. The summed E-state index contributed by atoms with van der Waals surface area (Å²) < 4.78 is 13.4. The highest BCUT2D eigenvalue weighted by Gasteiger charge is 2.24. The van der Waals surface area contributed by atoms with E-state index in [4.69, 9.17) is 9.47 Å². The molecule has 0 radical (unpaired) electrons. The Hall–Kier alpha value is -1.57. The highest BCUT2D eigenvalue weighted by molar-refractivity contribution is 7.99. The molecule has 134 valence electrons. The first kappa shape index (κ1) is 16.9. The maximum atomic E-state index is 5.76. The van der Waals surface area contributed by atoms with Crippen LogP contribution < -0.4 is 4.90 Å². The van der Waals surface area contributed by atoms with Crippen LogP contribution in [0.4, 0.5) is 5.95 Å². The van der Waals surface area contributed by atoms with Crippen LogP contribution in [-0.2, 0) is 9.47 Å². The molecule has 1 atom stereocenters. The molecule has 1 unspecified atom stereocenters. The van der Waals surface area contributed by atoms with Gasteiger partial charge in [0.25, 0.3) is 0 Å². The molecule has 4 rings (SSSR count). The van der Waals surface area contributed by atoms with Crippen LogP contribution in [0.25, 0.3) is 5.69 Å². The number of para-hydroxylation sites is 1. The van der Waals surface area contributed by atoms with Crippen LogP contribution in [0, 0.1) is 6.92 Å². The Morgan fingerprint density at radius 2 is 2.00 bits per heavy atom. The van der Waals surface area contributed by atoms with Gasteiger partial charge in [-0.15, -0.1) is 10.2 Å². The van der Waals surface area contributed by atoms with Gasteiger partial charge in [0.2, 0.25) is 5.95 Å². The second kappa shape index (κ2) is 7.76. The van der Waals surface area contributed by atoms with E-state index in [0.29, 0.717) is 6.10 Å². The van der Waals surface area contributed by atoms with Gasteiger partial charge in [-0.05, 0) is 31.4 Å². The maximum Gasteiger partial charge on any atom is 0.232 e. The molecule has 2 aliphatic heterocycles. The van der Waals surface area contributed by atoms with Gasteiger partial charge in [0.05, 0.1) is 25.0 Å². The molecule has 7 heteroatoms. The van der Waals surface area contributed by atoms with E-state index in [0.717, 1.165) is 68.3 Å². The van der Waals surface area contributed by atoms with Gasteiger partial charge in [-0.1, -0.05) is 30.0 Å². The summed E-state index contributed by atoms with van der Waals surface area (Å²) in [6.45, 7) is 6.18. The molecule has 25 heavy (non-hydrogen) atoms. The fraction of sp³-hybridized carbons (Fsp3) is 0.556. The third kappa shape index (κ3) is 3.68. The summed E-state index contributed by atoms with van der Waals surface area (Å²) in [5.41, 5.74) is 2.36. The van der Waals surface area contributed by atoms with Crippen LogP contribution in [-0.4, -0.2) is 59.5 Å². The molecule has 1 aromatic heterocycles. The SMILES string of the molecule is Cc1ccccc1-n1c(SCC2CCCO2)nnc1N1CCOCC1. The highest BCUT2D eigenvalue weighted by Crippen LogP contribution is 2.30. The molecule has 0 spiro atoms. The number of ether oxygens (including phenoxy) is 2. The van der Waals surface area contributed by atoms with Gasteiger partial charge in [0.15, 0.2) is 5.16 Å². The van der Waals surface area contributed by atoms with E-state index in [-0.39, 0.29) is 0 Å². The van der Waals surface area contributed by atoms with Crippen molar-refractivity contribution in [3.05, 3.63) is 29.8 Å². The van der Waals surface area contributed by atoms with Crippen molar-refractivity contribution in [3.8, 4) is 5.69 Å². The third-order valence-corrected chi connectivity index (χ3v) is 5.75. The Morgan fingerprint density at radius 1 is 1.16 bits per heavy atom. The number of thioether (sulfide) groups is 1. The van der Waals surface area contributed by atoms with Gasteiger partial charge in [0.1, 0.15) is 0 Å². The standard InChI is InChI=1S/C18H24N4O2S/c1-14-5-2-3-7-16(14)22-17(21-8-11-23-12-9-21)19-20-18(22)25-13-15-6-4-10-24-15/h2-3,5,7,15H,4,6,8-13H2,1H3. The summed E-state index contributed by atoms with van der Waals surface area (Å²) in [5, 5.41) is 9.97. The topological polar surface area (TPSA) is 52.4 Å². The molecular formula is C18H24N4O2S. The Bertz CT molecular complexity index is 709. The van der Waals surface area contributed by atoms with E-state index < -0.39 is 0 Å². The predicted octanol–water partition coefficient (Wildman–Crippen LogP) is 2.68. The Kier molecular flexibility index (Phi) is 5.24. The zero-order valence-electron chi connectivity index (χ0n) is 14.6. The largest absolute Gasteiger partial charge is 0.378 e. The van der Waals surface area contributed by atoms with Crippen molar-refractivity contribution >= 4 is 17.7 Å². The minimum atomic E-state index is 0.332. The van der Waals surface area contributed by atoms with Crippen molar-refractivity contribution < 1.29 is 9.47 Å². The van der Waals surface area contributed by atoms with Crippen LogP contribution in [0.1, 0.15) is 18.4 Å². The van der Waals surface area contributed by atoms with Crippen molar-refractivity contribution in [2.45, 2.75) is 31.0 Å². The zero-order valence-corrected chi connectivity index (χ0v) is 15.4. The number of morpholine rings is 1. The molecule has 2 aliphatic rings. The lowest BCUT2D eigenvalue weighted by Gasteiger charge is -2.28. The monoisotopic (exact) mass is 360 g/mol. The van der Waals surface area contributed by atoms with E-state index in [2.05, 4.69) is 50.9 Å². The molecule has 0 saturated carbocycles. The lowest BCUT2D eigenvalue weighted by Crippen LogP contribution is -2.38. The second-order valence-electron chi connectivity index (χ2n) is 6.45. The molecule has 2 saturated heterocycles. The molecule has 0 aliphatic carbocycles. The number of aromatic nitrogens is 3. The number of hydrogen-bond acceptors (Lipinski definition) is 6. The van der Waals surface area contributed by atoms with Gasteiger partial charge in [-0.2, -0.15) is 0 Å². The average molecular weight is 360 g/mol. The van der Waals surface area contributed by atoms with Crippen molar-refractivity contribution in [2.24, 2.45) is 0 Å². The third-order valence-electron chi connectivity index (χ3n) is 4.69. The van der Waals surface area contributed by atoms with E-state index in [9.17, 15) is 0 Å². The van der Waals surface area contributed by atoms with Crippen LogP contribution in [0.15, 0.2) is 29.4 Å². The van der Waals surface area contributed by atoms with Gasteiger partial charge in [0, 0.05) is 25.4 Å². The molecule has 0 N–H and O–H groups in total. The fourth-order valence-electron chi connectivity index (χ4n) is 3.29. The first-order chi connectivity index (χ1) is 12.3. The summed E-state index contributed by atoms with van der Waals surface area (Å²) in [6, 6.07) is 8.41. The molecule has 6 nitrogen and oxygen atoms in total. The minimum Gasteiger partial charge on any atom is -0.378 e. The molecule has 0 bridgehead atoms. The average Bonchev–Trinajstić information content (AvgIpc) is 3.31. The maximum absolute atomic E-state index is 5.76. The summed E-state index contributed by atoms with van der Waals surface area (Å²) in [7, 11) is 0. The predicted molar refractivity (Wildman–Crippen MR) is 98.8 cm³/mol. The minimum absolute atomic E-state index is 0.332. The van der Waals surface area contributed by atoms with Crippen LogP contribution in [0.5, 0.6) is 0 Å². The van der Waals surface area contributed by atoms with Crippen molar-refractivity contribution in [1.29, 1.82) is 0 Å². The molecular weight excluding hydrogens is 336 g/mol. The van der Waals surface area contributed by atoms with Gasteiger partial charge in [-0.25, -0.2) is 0 Å². The first-order valence-electron chi connectivity index (χ1n) is 8.91. The van der Waals surface area contributed by atoms with Crippen molar-refractivity contribution in [1.82, 2.24) is 14.8 Å². The molecule has 2 fully saturated rings. The Labute approximate surface area is 152 Å². The Morgan fingerprint density at radius 3 is 2.76 bits per heavy atom. The lowest BCUT2D eigenvalue weighted by molar-refractivity contribution is 0.122. The molecule has 2 aromatic rings. The zero-order chi connectivity index (χ0) is 17.1. The first-order valence-corrected chi connectivity index (χ1v) is 9.90. The summed E-state index contributed by atoms with van der Waals surface area (Å²) >= 11 is 1.74. The number of rotatable bonds is 5. The van der Waals surface area contributed by atoms with E-state index in [1.807, 2.05) is 0 Å². The van der Waals surface area contributed by atoms with Gasteiger partial charge >= 0.3 is 0 Å². The van der Waals surface area contributed by atoms with E-state index in [1.165, 1.54) is 5.56 Å². The normalized spacial score (nSPS) is 21.0. The van der Waals surface area contributed by atoms with Crippen LogP contribution >= 0.6 is 11.8 Å². The highest BCUT2D eigenvalue weighted by atomic mass is 32.2. The Balaban J connectivity index is 1.65. The molecule has 1 aromatic carbocycles. The number of aryl methyl sites for hydroxylation is 1. The summed E-state index contributed by atoms with van der Waals surface area (Å²) in [4.78, 5) is 2.26. The lowest BCUT2D eigenvalue weighted by atomic mass is 10.2. The quantitative estimate of drug-likeness (QED) is 0.764. The number of nitrogens with zero attached hydrogens (tertiary/aromatic N) is 4. The number of hydrogen-bond donors (Lipinski definition) is 0. The number of anilines is 1. The van der Waals surface area contributed by atoms with E-state index in [1.54, 1.807) is 11.8 Å². The van der Waals surface area contributed by atoms with Crippen LogP contribution in [0.2, 0.25) is 0 Å². The molecule has 3 heterocycles. The number of benzene rings is 1. The fourth-order valence-corrected chi connectivity index (χ4v) is 4.30. The second-order valence-corrected chi connectivity index (χ2v) is 7.44. The van der Waals surface area contributed by atoms with Gasteiger partial charge < -0.3 is 14.4 Å². The van der Waals surface area contributed by atoms with Gasteiger partial charge in [-0.3, -0.25) is 4.57 Å². The summed E-state index contributed by atoms with van der Waals surface area (Å²) in [5.74, 6) is 1.83. The smallest absolute Gasteiger partial charge is 0.232 e. The van der Waals surface area contributed by atoms with Crippen molar-refractivity contribution in [2.75, 3.05) is 43.6 Å².